The molecular formula is C22H28N2O3. The average molecular weight is 368 g/mol. The molecule has 1 fully saturated rings. The molecule has 1 aliphatic heterocycles. The average Bonchev–Trinajstić information content (AvgIpc) is 3.10. The number of benzene rings is 2. The maximum absolute atomic E-state index is 13.0. The Labute approximate surface area is 160 Å². The maximum atomic E-state index is 13.0. The van der Waals surface area contributed by atoms with Crippen molar-refractivity contribution in [2.75, 3.05) is 13.6 Å². The summed E-state index contributed by atoms with van der Waals surface area (Å²) in [7, 11) is 1.80. The van der Waals surface area contributed by atoms with Crippen LogP contribution >= 0.6 is 0 Å². The number of likely N-dealkylation sites (N-methyl/N-ethyl adjacent to an activating group) is 1. The third kappa shape index (κ3) is 4.41. The molecule has 144 valence electrons. The van der Waals surface area contributed by atoms with Crippen LogP contribution in [0, 0.1) is 0 Å². The summed E-state index contributed by atoms with van der Waals surface area (Å²) in [5.41, 5.74) is 0.535. The van der Waals surface area contributed by atoms with Crippen molar-refractivity contribution in [3.05, 3.63) is 48.0 Å². The van der Waals surface area contributed by atoms with Gasteiger partial charge in [-0.1, -0.05) is 42.5 Å². The molecule has 2 aromatic rings. The first-order valence-electron chi connectivity index (χ1n) is 9.47. The van der Waals surface area contributed by atoms with Gasteiger partial charge >= 0.3 is 6.09 Å². The van der Waals surface area contributed by atoms with Crippen LogP contribution in [0.1, 0.15) is 39.2 Å². The smallest absolute Gasteiger partial charge is 0.410 e. The van der Waals surface area contributed by atoms with Gasteiger partial charge in [0.25, 0.3) is 0 Å². The summed E-state index contributed by atoms with van der Waals surface area (Å²) in [6.45, 7) is 6.59. The van der Waals surface area contributed by atoms with Gasteiger partial charge in [-0.05, 0) is 49.9 Å². The van der Waals surface area contributed by atoms with Crippen LogP contribution in [0.3, 0.4) is 0 Å². The van der Waals surface area contributed by atoms with Gasteiger partial charge in [0.15, 0.2) is 0 Å². The van der Waals surface area contributed by atoms with Crippen LogP contribution in [-0.4, -0.2) is 47.0 Å². The number of hydrogen-bond acceptors (Lipinski definition) is 3. The van der Waals surface area contributed by atoms with E-state index in [-0.39, 0.29) is 5.91 Å². The fourth-order valence-electron chi connectivity index (χ4n) is 3.58. The zero-order chi connectivity index (χ0) is 19.6. The zero-order valence-electron chi connectivity index (χ0n) is 16.6. The molecule has 5 nitrogen and oxygen atoms in total. The fourth-order valence-corrected chi connectivity index (χ4v) is 3.58. The summed E-state index contributed by atoms with van der Waals surface area (Å²) in [6.07, 6.45) is 1.09. The number of rotatable bonds is 3. The highest BCUT2D eigenvalue weighted by atomic mass is 16.6. The van der Waals surface area contributed by atoms with E-state index >= 15 is 0 Å². The van der Waals surface area contributed by atoms with E-state index in [4.69, 9.17) is 4.74 Å². The number of likely N-dealkylation sites (tertiary alicyclic amines) is 1. The van der Waals surface area contributed by atoms with Crippen molar-refractivity contribution >= 4 is 22.8 Å². The third-order valence-corrected chi connectivity index (χ3v) is 4.83. The minimum atomic E-state index is -0.567. The van der Waals surface area contributed by atoms with E-state index in [0.29, 0.717) is 19.5 Å². The highest BCUT2D eigenvalue weighted by Gasteiger charge is 2.37. The molecule has 3 rings (SSSR count). The maximum Gasteiger partial charge on any atom is 0.410 e. The molecule has 0 saturated carbocycles. The van der Waals surface area contributed by atoms with Crippen LogP contribution in [-0.2, 0) is 16.1 Å². The largest absolute Gasteiger partial charge is 0.444 e. The number of ether oxygens (including phenoxy) is 1. The van der Waals surface area contributed by atoms with Gasteiger partial charge in [-0.3, -0.25) is 9.69 Å². The quantitative estimate of drug-likeness (QED) is 0.816. The molecule has 2 aromatic carbocycles. The number of hydrogen-bond donors (Lipinski definition) is 0. The molecule has 5 heteroatoms. The van der Waals surface area contributed by atoms with E-state index in [1.807, 2.05) is 45.0 Å². The van der Waals surface area contributed by atoms with E-state index in [0.717, 1.165) is 22.8 Å². The Morgan fingerprint density at radius 3 is 2.59 bits per heavy atom. The van der Waals surface area contributed by atoms with Gasteiger partial charge in [0.05, 0.1) is 0 Å². The van der Waals surface area contributed by atoms with Crippen molar-refractivity contribution in [3.8, 4) is 0 Å². The van der Waals surface area contributed by atoms with Crippen LogP contribution < -0.4 is 0 Å². The molecule has 0 bridgehead atoms. The molecule has 1 saturated heterocycles. The van der Waals surface area contributed by atoms with Gasteiger partial charge in [0.2, 0.25) is 5.91 Å². The molecular weight excluding hydrogens is 340 g/mol. The van der Waals surface area contributed by atoms with Gasteiger partial charge < -0.3 is 9.64 Å². The standard InChI is InChI=1S/C22H28N2O3/c1-22(2,3)27-21(26)24-14-8-13-19(24)20(25)23(4)15-17-11-7-10-16-9-5-6-12-18(16)17/h5-7,9-12,19H,8,13-15H2,1-4H3. The van der Waals surface area contributed by atoms with Crippen LogP contribution in [0.25, 0.3) is 10.8 Å². The molecule has 27 heavy (non-hydrogen) atoms. The lowest BCUT2D eigenvalue weighted by atomic mass is 10.0. The van der Waals surface area contributed by atoms with Gasteiger partial charge in [-0.25, -0.2) is 4.79 Å². The Morgan fingerprint density at radius 1 is 1.15 bits per heavy atom. The first-order chi connectivity index (χ1) is 12.8. The predicted octanol–water partition coefficient (Wildman–Crippen LogP) is 4.20. The number of carbonyl (C=O) groups excluding carboxylic acids is 2. The van der Waals surface area contributed by atoms with Gasteiger partial charge in [-0.2, -0.15) is 0 Å². The molecule has 1 atom stereocenters. The molecule has 0 radical (unpaired) electrons. The second kappa shape index (κ2) is 7.59. The van der Waals surface area contributed by atoms with Gasteiger partial charge in [-0.15, -0.1) is 0 Å². The lowest BCUT2D eigenvalue weighted by molar-refractivity contribution is -0.135. The molecule has 0 N–H and O–H groups in total. The topological polar surface area (TPSA) is 49.9 Å². The molecule has 1 heterocycles. The summed E-state index contributed by atoms with van der Waals surface area (Å²) in [6, 6.07) is 13.9. The predicted molar refractivity (Wildman–Crippen MR) is 106 cm³/mol. The summed E-state index contributed by atoms with van der Waals surface area (Å²) in [5, 5.41) is 2.31. The van der Waals surface area contributed by atoms with E-state index < -0.39 is 17.7 Å². The van der Waals surface area contributed by atoms with E-state index in [1.54, 1.807) is 16.8 Å². The van der Waals surface area contributed by atoms with Crippen molar-refractivity contribution in [1.82, 2.24) is 9.80 Å². The van der Waals surface area contributed by atoms with Crippen LogP contribution in [0.5, 0.6) is 0 Å². The van der Waals surface area contributed by atoms with E-state index in [2.05, 4.69) is 18.2 Å². The molecule has 1 unspecified atom stereocenters. The third-order valence-electron chi connectivity index (χ3n) is 4.83. The van der Waals surface area contributed by atoms with Gasteiger partial charge in [0.1, 0.15) is 11.6 Å². The Hall–Kier alpha value is -2.56. The second-order valence-electron chi connectivity index (χ2n) is 8.16. The summed E-state index contributed by atoms with van der Waals surface area (Å²) in [4.78, 5) is 28.8. The number of amides is 2. The Balaban J connectivity index is 1.73. The fraction of sp³-hybridized carbons (Fsp3) is 0.455. The first kappa shape index (κ1) is 19.2. The number of nitrogens with zero attached hydrogens (tertiary/aromatic N) is 2. The monoisotopic (exact) mass is 368 g/mol. The van der Waals surface area contributed by atoms with E-state index in [9.17, 15) is 9.59 Å². The van der Waals surface area contributed by atoms with Crippen LogP contribution in [0.15, 0.2) is 42.5 Å². The summed E-state index contributed by atoms with van der Waals surface area (Å²) >= 11 is 0. The van der Waals surface area contributed by atoms with Crippen molar-refractivity contribution in [1.29, 1.82) is 0 Å². The summed E-state index contributed by atoms with van der Waals surface area (Å²) < 4.78 is 5.47. The van der Waals surface area contributed by atoms with Crippen molar-refractivity contribution < 1.29 is 14.3 Å². The molecule has 0 spiro atoms. The number of fused-ring (bicyclic) bond motifs is 1. The summed E-state index contributed by atoms with van der Waals surface area (Å²) in [5.74, 6) is -0.0358. The van der Waals surface area contributed by atoms with Crippen molar-refractivity contribution in [2.45, 2.75) is 51.8 Å². The highest BCUT2D eigenvalue weighted by Crippen LogP contribution is 2.24. The van der Waals surface area contributed by atoms with Crippen molar-refractivity contribution in [3.63, 3.8) is 0 Å². The lowest BCUT2D eigenvalue weighted by Crippen LogP contribution is -2.47. The SMILES string of the molecule is CN(Cc1cccc2ccccc12)C(=O)C1CCCN1C(=O)OC(C)(C)C. The highest BCUT2D eigenvalue weighted by molar-refractivity contribution is 5.88. The van der Waals surface area contributed by atoms with Crippen molar-refractivity contribution in [2.24, 2.45) is 0 Å². The Kier molecular flexibility index (Phi) is 5.40. The Bertz CT molecular complexity index is 836. The second-order valence-corrected chi connectivity index (χ2v) is 8.16. The molecule has 1 aliphatic rings. The minimum Gasteiger partial charge on any atom is -0.444 e. The lowest BCUT2D eigenvalue weighted by Gasteiger charge is -2.30. The molecule has 0 aromatic heterocycles. The minimum absolute atomic E-state index is 0.0358. The number of carbonyl (C=O) groups is 2. The first-order valence-corrected chi connectivity index (χ1v) is 9.47. The van der Waals surface area contributed by atoms with E-state index in [1.165, 1.54) is 0 Å². The zero-order valence-corrected chi connectivity index (χ0v) is 16.6. The molecule has 2 amide bonds. The normalized spacial score (nSPS) is 17.2. The van der Waals surface area contributed by atoms with Gasteiger partial charge in [0, 0.05) is 20.1 Å². The van der Waals surface area contributed by atoms with Crippen LogP contribution in [0.2, 0.25) is 0 Å². The Morgan fingerprint density at radius 2 is 1.85 bits per heavy atom. The van der Waals surface area contributed by atoms with Crippen LogP contribution in [0.4, 0.5) is 4.79 Å². The molecule has 0 aliphatic carbocycles.